The zero-order valence-corrected chi connectivity index (χ0v) is 17.9. The quantitative estimate of drug-likeness (QED) is 0.563. The molecule has 1 N–H and O–H groups in total. The lowest BCUT2D eigenvalue weighted by Gasteiger charge is -2.19. The lowest BCUT2D eigenvalue weighted by Crippen LogP contribution is -2.16. The van der Waals surface area contributed by atoms with Gasteiger partial charge in [0, 0.05) is 29.5 Å². The van der Waals surface area contributed by atoms with Crippen molar-refractivity contribution in [1.82, 2.24) is 4.98 Å². The molecule has 0 atom stereocenters. The van der Waals surface area contributed by atoms with E-state index in [1.54, 1.807) is 24.3 Å². The van der Waals surface area contributed by atoms with Crippen LogP contribution in [0.1, 0.15) is 17.5 Å². The first kappa shape index (κ1) is 20.8. The third-order valence-electron chi connectivity index (χ3n) is 4.72. The summed E-state index contributed by atoms with van der Waals surface area (Å²) in [4.78, 5) is 17.0. The van der Waals surface area contributed by atoms with Crippen molar-refractivity contribution < 1.29 is 14.3 Å². The number of carbonyl (C=O) groups is 1. The van der Waals surface area contributed by atoms with Gasteiger partial charge in [0.2, 0.25) is 5.91 Å². The second-order valence-corrected chi connectivity index (χ2v) is 8.12. The van der Waals surface area contributed by atoms with Crippen molar-refractivity contribution in [2.24, 2.45) is 0 Å². The van der Waals surface area contributed by atoms with E-state index in [1.807, 2.05) is 37.3 Å². The number of aryl methyl sites for hydroxylation is 1. The molecule has 0 saturated heterocycles. The molecule has 7 heteroatoms. The molecule has 1 aromatic heterocycles. The number of thioether (sulfide) groups is 1. The molecule has 31 heavy (non-hydrogen) atoms. The molecule has 0 saturated carbocycles. The molecule has 1 amide bonds. The Morgan fingerprint density at radius 1 is 1.10 bits per heavy atom. The predicted molar refractivity (Wildman–Crippen MR) is 121 cm³/mol. The first-order chi connectivity index (χ1) is 15.1. The van der Waals surface area contributed by atoms with Crippen molar-refractivity contribution in [1.29, 1.82) is 5.26 Å². The number of nitrogens with zero attached hydrogens (tertiary/aromatic N) is 2. The molecule has 0 unspecified atom stereocenters. The van der Waals surface area contributed by atoms with Crippen LogP contribution < -0.4 is 14.8 Å². The molecular formula is C24H21N3O3S. The van der Waals surface area contributed by atoms with Gasteiger partial charge >= 0.3 is 0 Å². The van der Waals surface area contributed by atoms with Crippen LogP contribution >= 0.6 is 11.8 Å². The van der Waals surface area contributed by atoms with Gasteiger partial charge in [-0.05, 0) is 31.2 Å². The van der Waals surface area contributed by atoms with Crippen molar-refractivity contribution in [3.63, 3.8) is 0 Å². The van der Waals surface area contributed by atoms with E-state index < -0.39 is 0 Å². The Bertz CT molecular complexity index is 1140. The second kappa shape index (κ2) is 9.54. The summed E-state index contributed by atoms with van der Waals surface area (Å²) in [5.41, 5.74) is 4.15. The van der Waals surface area contributed by atoms with Crippen LogP contribution in [0.25, 0.3) is 11.3 Å². The fraction of sp³-hybridized carbons (Fsp3) is 0.208. The van der Waals surface area contributed by atoms with Crippen molar-refractivity contribution in [2.75, 3.05) is 24.3 Å². The van der Waals surface area contributed by atoms with E-state index in [0.717, 1.165) is 11.3 Å². The number of nitriles is 1. The monoisotopic (exact) mass is 431 g/mol. The number of rotatable bonds is 6. The minimum Gasteiger partial charge on any atom is -0.486 e. The van der Waals surface area contributed by atoms with Crippen LogP contribution in [-0.4, -0.2) is 29.9 Å². The summed E-state index contributed by atoms with van der Waals surface area (Å²) < 4.78 is 11.0. The van der Waals surface area contributed by atoms with E-state index in [0.29, 0.717) is 53.2 Å². The van der Waals surface area contributed by atoms with E-state index in [9.17, 15) is 10.1 Å². The fourth-order valence-electron chi connectivity index (χ4n) is 3.11. The summed E-state index contributed by atoms with van der Waals surface area (Å²) in [5, 5.41) is 12.9. The van der Waals surface area contributed by atoms with Gasteiger partial charge in [0.05, 0.1) is 11.3 Å². The molecule has 6 nitrogen and oxygen atoms in total. The Hall–Kier alpha value is -3.50. The molecule has 4 rings (SSSR count). The summed E-state index contributed by atoms with van der Waals surface area (Å²) in [7, 11) is 0. The maximum Gasteiger partial charge on any atom is 0.225 e. The molecule has 0 bridgehead atoms. The first-order valence-electron chi connectivity index (χ1n) is 9.93. The Morgan fingerprint density at radius 3 is 2.65 bits per heavy atom. The Morgan fingerprint density at radius 2 is 1.87 bits per heavy atom. The van der Waals surface area contributed by atoms with Gasteiger partial charge in [0.15, 0.2) is 11.5 Å². The van der Waals surface area contributed by atoms with Crippen molar-refractivity contribution >= 4 is 23.4 Å². The molecule has 0 aliphatic carbocycles. The molecule has 3 aromatic rings. The number of hydrogen-bond donors (Lipinski definition) is 1. The van der Waals surface area contributed by atoms with Crippen molar-refractivity contribution in [3.05, 3.63) is 65.7 Å². The number of benzene rings is 2. The van der Waals surface area contributed by atoms with Crippen molar-refractivity contribution in [2.45, 2.75) is 18.4 Å². The van der Waals surface area contributed by atoms with Crippen LogP contribution in [0, 0.1) is 18.3 Å². The summed E-state index contributed by atoms with van der Waals surface area (Å²) in [5.74, 6) is 1.71. The third-order valence-corrected chi connectivity index (χ3v) is 5.71. The van der Waals surface area contributed by atoms with Crippen LogP contribution in [0.4, 0.5) is 5.69 Å². The zero-order valence-electron chi connectivity index (χ0n) is 17.1. The van der Waals surface area contributed by atoms with E-state index in [-0.39, 0.29) is 5.91 Å². The van der Waals surface area contributed by atoms with E-state index >= 15 is 0 Å². The van der Waals surface area contributed by atoms with E-state index in [4.69, 9.17) is 9.47 Å². The summed E-state index contributed by atoms with van der Waals surface area (Å²) in [6, 6.07) is 19.2. The summed E-state index contributed by atoms with van der Waals surface area (Å²) >= 11 is 1.41. The van der Waals surface area contributed by atoms with Crippen LogP contribution in [0.2, 0.25) is 0 Å². The topological polar surface area (TPSA) is 84.2 Å². The van der Waals surface area contributed by atoms with Crippen molar-refractivity contribution in [3.8, 4) is 28.8 Å². The number of anilines is 1. The van der Waals surface area contributed by atoms with Gasteiger partial charge in [-0.2, -0.15) is 5.26 Å². The molecule has 1 aliphatic heterocycles. The zero-order chi connectivity index (χ0) is 21.6. The molecule has 0 radical (unpaired) electrons. The van der Waals surface area contributed by atoms with Gasteiger partial charge < -0.3 is 14.8 Å². The van der Waals surface area contributed by atoms with Gasteiger partial charge in [-0.15, -0.1) is 11.8 Å². The molecular weight excluding hydrogens is 410 g/mol. The van der Waals surface area contributed by atoms with Gasteiger partial charge in [-0.3, -0.25) is 4.79 Å². The second-order valence-electron chi connectivity index (χ2n) is 7.03. The number of hydrogen-bond acceptors (Lipinski definition) is 6. The Kier molecular flexibility index (Phi) is 6.39. The smallest absolute Gasteiger partial charge is 0.225 e. The summed E-state index contributed by atoms with van der Waals surface area (Å²) in [6.07, 6.45) is 0.292. The van der Waals surface area contributed by atoms with Gasteiger partial charge in [-0.25, -0.2) is 4.98 Å². The van der Waals surface area contributed by atoms with Crippen LogP contribution in [0.5, 0.6) is 11.5 Å². The minimum absolute atomic E-state index is 0.114. The lowest BCUT2D eigenvalue weighted by atomic mass is 10.1. The lowest BCUT2D eigenvalue weighted by molar-refractivity contribution is -0.115. The average Bonchev–Trinajstić information content (AvgIpc) is 2.79. The third kappa shape index (κ3) is 5.16. The number of nitrogens with one attached hydrogen (secondary N) is 1. The van der Waals surface area contributed by atoms with Gasteiger partial charge in [-0.1, -0.05) is 29.8 Å². The number of fused-ring (bicyclic) bond motifs is 1. The largest absolute Gasteiger partial charge is 0.486 e. The molecule has 2 aromatic carbocycles. The maximum atomic E-state index is 12.4. The number of amides is 1. The van der Waals surface area contributed by atoms with Gasteiger partial charge in [0.25, 0.3) is 0 Å². The highest BCUT2D eigenvalue weighted by Gasteiger charge is 2.13. The highest BCUT2D eigenvalue weighted by atomic mass is 32.2. The van der Waals surface area contributed by atoms with Crippen LogP contribution in [0.3, 0.4) is 0 Å². The van der Waals surface area contributed by atoms with Gasteiger partial charge in [0.1, 0.15) is 24.3 Å². The SMILES string of the molecule is Cc1ccc(-c2ccc(C#N)c(SCCC(=O)Nc3ccc4c(c3)OCCO4)n2)cc1. The van der Waals surface area contributed by atoms with E-state index in [2.05, 4.69) is 16.4 Å². The van der Waals surface area contributed by atoms with Crippen LogP contribution in [-0.2, 0) is 4.79 Å². The summed E-state index contributed by atoms with van der Waals surface area (Å²) in [6.45, 7) is 3.06. The number of pyridine rings is 1. The Balaban J connectivity index is 1.37. The normalized spacial score (nSPS) is 12.1. The van der Waals surface area contributed by atoms with E-state index in [1.165, 1.54) is 17.3 Å². The molecule has 1 aliphatic rings. The highest BCUT2D eigenvalue weighted by molar-refractivity contribution is 7.99. The molecule has 156 valence electrons. The predicted octanol–water partition coefficient (Wildman–Crippen LogP) is 4.82. The maximum absolute atomic E-state index is 12.4. The number of ether oxygens (including phenoxy) is 2. The number of aromatic nitrogens is 1. The number of carbonyl (C=O) groups excluding carboxylic acids is 1. The fourth-order valence-corrected chi connectivity index (χ4v) is 4.02. The standard InChI is InChI=1S/C24H21N3O3S/c1-16-2-4-17(5-3-16)20-8-6-18(15-25)24(27-20)31-13-10-23(28)26-19-7-9-21-22(14-19)30-12-11-29-21/h2-9,14H,10-13H2,1H3,(H,26,28). The highest BCUT2D eigenvalue weighted by Crippen LogP contribution is 2.32. The molecule has 0 spiro atoms. The molecule has 2 heterocycles. The van der Waals surface area contributed by atoms with Crippen LogP contribution in [0.15, 0.2) is 59.6 Å². The first-order valence-corrected chi connectivity index (χ1v) is 10.9. The molecule has 0 fully saturated rings. The minimum atomic E-state index is -0.114. The Labute approximate surface area is 185 Å². The average molecular weight is 432 g/mol.